The highest BCUT2D eigenvalue weighted by Gasteiger charge is 2.03. The molecule has 132 valence electrons. The van der Waals surface area contributed by atoms with Crippen molar-refractivity contribution in [3.63, 3.8) is 0 Å². The van der Waals surface area contributed by atoms with Gasteiger partial charge in [-0.2, -0.15) is 5.10 Å². The fourth-order valence-electron chi connectivity index (χ4n) is 2.26. The molecule has 9 heteroatoms. The molecule has 0 fully saturated rings. The molecule has 0 radical (unpaired) electrons. The number of aryl methyl sites for hydroxylation is 1. The SMILES string of the molecule is CN=C(NCc1ccnc(-n2ccnc2)c1)NCc1ccnn1C.I. The summed E-state index contributed by atoms with van der Waals surface area (Å²) in [6.45, 7) is 1.31. The summed E-state index contributed by atoms with van der Waals surface area (Å²) in [4.78, 5) is 12.6. The van der Waals surface area contributed by atoms with Crippen LogP contribution in [0.2, 0.25) is 0 Å². The maximum atomic E-state index is 4.35. The molecule has 0 saturated carbocycles. The second kappa shape index (κ2) is 9.16. The fraction of sp³-hybridized carbons (Fsp3) is 0.250. The second-order valence-corrected chi connectivity index (χ2v) is 5.22. The Hall–Kier alpha value is -2.43. The molecule has 0 unspecified atom stereocenters. The van der Waals surface area contributed by atoms with Crippen LogP contribution in [0.25, 0.3) is 5.82 Å². The number of nitrogens with one attached hydrogen (secondary N) is 2. The lowest BCUT2D eigenvalue weighted by molar-refractivity contribution is 0.684. The number of guanidine groups is 1. The lowest BCUT2D eigenvalue weighted by Gasteiger charge is -2.12. The number of halogens is 1. The van der Waals surface area contributed by atoms with E-state index in [1.807, 2.05) is 40.7 Å². The molecule has 25 heavy (non-hydrogen) atoms. The third-order valence-corrected chi connectivity index (χ3v) is 3.62. The Morgan fingerprint density at radius 1 is 1.16 bits per heavy atom. The number of hydrogen-bond donors (Lipinski definition) is 2. The molecule has 3 heterocycles. The first-order valence-corrected chi connectivity index (χ1v) is 7.61. The summed E-state index contributed by atoms with van der Waals surface area (Å²) in [7, 11) is 3.67. The Morgan fingerprint density at radius 2 is 2.00 bits per heavy atom. The van der Waals surface area contributed by atoms with E-state index in [1.165, 1.54) is 0 Å². The van der Waals surface area contributed by atoms with Crippen molar-refractivity contribution >= 4 is 29.9 Å². The zero-order chi connectivity index (χ0) is 16.8. The minimum atomic E-state index is 0. The van der Waals surface area contributed by atoms with E-state index >= 15 is 0 Å². The summed E-state index contributed by atoms with van der Waals surface area (Å²) in [6, 6.07) is 5.96. The lowest BCUT2D eigenvalue weighted by Crippen LogP contribution is -2.36. The van der Waals surface area contributed by atoms with Crippen LogP contribution in [0.15, 0.2) is 54.3 Å². The molecule has 2 N–H and O–H groups in total. The van der Waals surface area contributed by atoms with Crippen molar-refractivity contribution in [2.75, 3.05) is 7.05 Å². The van der Waals surface area contributed by atoms with Gasteiger partial charge in [0.25, 0.3) is 0 Å². The molecule has 0 spiro atoms. The Bertz CT molecular complexity index is 809. The van der Waals surface area contributed by atoms with E-state index in [1.54, 1.807) is 32.0 Å². The molecular weight excluding hydrogens is 431 g/mol. The first-order valence-electron chi connectivity index (χ1n) is 7.61. The van der Waals surface area contributed by atoms with Crippen LogP contribution in [0.3, 0.4) is 0 Å². The van der Waals surface area contributed by atoms with Crippen molar-refractivity contribution in [1.82, 2.24) is 34.9 Å². The van der Waals surface area contributed by atoms with Crippen molar-refractivity contribution in [1.29, 1.82) is 0 Å². The number of imidazole rings is 1. The number of aliphatic imine (C=N–C) groups is 1. The molecule has 0 bridgehead atoms. The highest BCUT2D eigenvalue weighted by molar-refractivity contribution is 14.0. The van der Waals surface area contributed by atoms with Gasteiger partial charge in [0.05, 0.1) is 12.2 Å². The maximum absolute atomic E-state index is 4.35. The van der Waals surface area contributed by atoms with Gasteiger partial charge in [-0.15, -0.1) is 24.0 Å². The zero-order valence-corrected chi connectivity index (χ0v) is 16.5. The highest BCUT2D eigenvalue weighted by Crippen LogP contribution is 2.06. The molecule has 3 rings (SSSR count). The summed E-state index contributed by atoms with van der Waals surface area (Å²) in [5.41, 5.74) is 2.20. The Labute approximate surface area is 163 Å². The molecule has 0 aliphatic rings. The lowest BCUT2D eigenvalue weighted by atomic mass is 10.2. The summed E-state index contributed by atoms with van der Waals surface area (Å²) in [5.74, 6) is 1.57. The third-order valence-electron chi connectivity index (χ3n) is 3.62. The largest absolute Gasteiger partial charge is 0.352 e. The van der Waals surface area contributed by atoms with Crippen molar-refractivity contribution in [2.24, 2.45) is 12.0 Å². The number of aromatic nitrogens is 5. The molecule has 0 aromatic carbocycles. The van der Waals surface area contributed by atoms with E-state index in [-0.39, 0.29) is 24.0 Å². The van der Waals surface area contributed by atoms with Gasteiger partial charge in [-0.25, -0.2) is 9.97 Å². The zero-order valence-electron chi connectivity index (χ0n) is 14.1. The predicted octanol–water partition coefficient (Wildman–Crippen LogP) is 1.48. The van der Waals surface area contributed by atoms with Gasteiger partial charge in [-0.3, -0.25) is 14.2 Å². The quantitative estimate of drug-likeness (QED) is 0.348. The van der Waals surface area contributed by atoms with Gasteiger partial charge in [0.15, 0.2) is 5.96 Å². The van der Waals surface area contributed by atoms with Gasteiger partial charge < -0.3 is 10.6 Å². The van der Waals surface area contributed by atoms with Crippen LogP contribution in [0.1, 0.15) is 11.3 Å². The van der Waals surface area contributed by atoms with Gasteiger partial charge in [-0.05, 0) is 23.8 Å². The number of rotatable bonds is 5. The molecule has 8 nitrogen and oxygen atoms in total. The van der Waals surface area contributed by atoms with Crippen LogP contribution in [-0.2, 0) is 20.1 Å². The molecule has 3 aromatic heterocycles. The van der Waals surface area contributed by atoms with Crippen molar-refractivity contribution < 1.29 is 0 Å². The topological polar surface area (TPSA) is 84.9 Å². The molecule has 0 saturated heterocycles. The number of pyridine rings is 1. The average molecular weight is 452 g/mol. The minimum Gasteiger partial charge on any atom is -0.352 e. The van der Waals surface area contributed by atoms with Crippen LogP contribution in [0, 0.1) is 0 Å². The van der Waals surface area contributed by atoms with Crippen LogP contribution in [0.4, 0.5) is 0 Å². The molecule has 3 aromatic rings. The van der Waals surface area contributed by atoms with E-state index in [0.29, 0.717) is 13.1 Å². The summed E-state index contributed by atoms with van der Waals surface area (Å²) in [6.07, 6.45) is 8.90. The van der Waals surface area contributed by atoms with E-state index in [9.17, 15) is 0 Å². The summed E-state index contributed by atoms with van der Waals surface area (Å²) in [5, 5.41) is 10.7. The molecule has 0 aliphatic carbocycles. The van der Waals surface area contributed by atoms with Crippen LogP contribution in [0.5, 0.6) is 0 Å². The van der Waals surface area contributed by atoms with E-state index in [4.69, 9.17) is 0 Å². The third kappa shape index (κ3) is 5.02. The van der Waals surface area contributed by atoms with Crippen molar-refractivity contribution in [2.45, 2.75) is 13.1 Å². The van der Waals surface area contributed by atoms with E-state index in [0.717, 1.165) is 23.0 Å². The van der Waals surface area contributed by atoms with Gasteiger partial charge in [0, 0.05) is 45.4 Å². The Morgan fingerprint density at radius 3 is 2.68 bits per heavy atom. The molecule has 0 amide bonds. The van der Waals surface area contributed by atoms with Gasteiger partial charge in [0.2, 0.25) is 0 Å². The van der Waals surface area contributed by atoms with E-state index < -0.39 is 0 Å². The van der Waals surface area contributed by atoms with Crippen molar-refractivity contribution in [3.8, 4) is 5.82 Å². The van der Waals surface area contributed by atoms with Crippen LogP contribution in [-0.4, -0.2) is 37.3 Å². The molecular formula is C16H21IN8. The standard InChI is InChI=1S/C16H20N8.HI/c1-17-16(21-11-14-4-6-22-23(14)2)20-10-13-3-5-19-15(9-13)24-8-7-18-12-24;/h3-9,12H,10-11H2,1-2H3,(H2,17,20,21);1H. The molecule has 0 atom stereocenters. The number of hydrogen-bond acceptors (Lipinski definition) is 4. The van der Waals surface area contributed by atoms with Crippen LogP contribution >= 0.6 is 24.0 Å². The normalized spacial score (nSPS) is 11.0. The minimum absolute atomic E-state index is 0. The first-order chi connectivity index (χ1) is 11.8. The predicted molar refractivity (Wildman–Crippen MR) is 107 cm³/mol. The average Bonchev–Trinajstić information content (AvgIpc) is 3.27. The smallest absolute Gasteiger partial charge is 0.191 e. The van der Waals surface area contributed by atoms with Crippen molar-refractivity contribution in [3.05, 3.63) is 60.6 Å². The first kappa shape index (κ1) is 18.9. The Balaban J connectivity index is 0.00000225. The van der Waals surface area contributed by atoms with Gasteiger partial charge in [-0.1, -0.05) is 0 Å². The summed E-state index contributed by atoms with van der Waals surface area (Å²) < 4.78 is 3.71. The van der Waals surface area contributed by atoms with Gasteiger partial charge >= 0.3 is 0 Å². The highest BCUT2D eigenvalue weighted by atomic mass is 127. The van der Waals surface area contributed by atoms with Crippen LogP contribution < -0.4 is 10.6 Å². The maximum Gasteiger partial charge on any atom is 0.191 e. The fourth-order valence-corrected chi connectivity index (χ4v) is 2.26. The monoisotopic (exact) mass is 452 g/mol. The molecule has 0 aliphatic heterocycles. The summed E-state index contributed by atoms with van der Waals surface area (Å²) >= 11 is 0. The van der Waals surface area contributed by atoms with Gasteiger partial charge in [0.1, 0.15) is 12.1 Å². The Kier molecular flexibility index (Phi) is 6.92. The van der Waals surface area contributed by atoms with E-state index in [2.05, 4.69) is 30.7 Å². The second-order valence-electron chi connectivity index (χ2n) is 5.22. The number of nitrogens with zero attached hydrogens (tertiary/aromatic N) is 6.